The van der Waals surface area contributed by atoms with Crippen LogP contribution in [-0.2, 0) is 9.53 Å². The molecule has 3 amide bonds. The van der Waals surface area contributed by atoms with E-state index in [2.05, 4.69) is 15.8 Å². The molecular formula is C20H28N4O6. The number of amides is 3. The van der Waals surface area contributed by atoms with Gasteiger partial charge in [-0.15, -0.1) is 0 Å². The summed E-state index contributed by atoms with van der Waals surface area (Å²) in [7, 11) is 3.04. The molecule has 2 N–H and O–H groups in total. The average Bonchev–Trinajstić information content (AvgIpc) is 3.14. The van der Waals surface area contributed by atoms with E-state index >= 15 is 0 Å². The molecule has 2 rings (SSSR count). The second-order valence-electron chi connectivity index (χ2n) is 6.34. The number of benzene rings is 1. The Kier molecular flexibility index (Phi) is 8.95. The largest absolute Gasteiger partial charge is 0.497 e. The summed E-state index contributed by atoms with van der Waals surface area (Å²) < 4.78 is 20.7. The lowest BCUT2D eigenvalue weighted by Gasteiger charge is -2.23. The summed E-state index contributed by atoms with van der Waals surface area (Å²) in [5.41, 5.74) is 0.464. The zero-order valence-electron chi connectivity index (χ0n) is 17.7. The molecule has 1 aromatic carbocycles. The number of nitrogens with zero attached hydrogens (tertiary/aromatic N) is 2. The topological polar surface area (TPSA) is 115 Å². The minimum atomic E-state index is -0.443. The van der Waals surface area contributed by atoms with Crippen molar-refractivity contribution in [1.29, 1.82) is 0 Å². The molecule has 1 aromatic heterocycles. The Morgan fingerprint density at radius 2 is 1.97 bits per heavy atom. The average molecular weight is 420 g/mol. The van der Waals surface area contributed by atoms with Crippen LogP contribution in [0.5, 0.6) is 11.5 Å². The monoisotopic (exact) mass is 420 g/mol. The Balaban J connectivity index is 2.06. The maximum atomic E-state index is 12.9. The molecule has 0 saturated heterocycles. The number of methoxy groups -OCH3 is 2. The van der Waals surface area contributed by atoms with E-state index in [0.29, 0.717) is 54.9 Å². The third kappa shape index (κ3) is 6.96. The van der Waals surface area contributed by atoms with Crippen molar-refractivity contribution in [3.63, 3.8) is 0 Å². The predicted molar refractivity (Wildman–Crippen MR) is 111 cm³/mol. The van der Waals surface area contributed by atoms with Crippen molar-refractivity contribution in [1.82, 2.24) is 10.1 Å². The lowest BCUT2D eigenvalue weighted by atomic mass is 10.2. The van der Waals surface area contributed by atoms with Crippen LogP contribution in [0.3, 0.4) is 0 Å². The molecule has 164 valence electrons. The third-order valence-corrected chi connectivity index (χ3v) is 4.09. The molecule has 0 radical (unpaired) electrons. The fourth-order valence-electron chi connectivity index (χ4n) is 2.63. The molecule has 0 unspecified atom stereocenters. The van der Waals surface area contributed by atoms with Crippen molar-refractivity contribution < 1.29 is 28.3 Å². The molecule has 2 aromatic rings. The first-order valence-corrected chi connectivity index (χ1v) is 9.55. The number of hydrogen-bond acceptors (Lipinski definition) is 7. The van der Waals surface area contributed by atoms with Crippen LogP contribution in [0.2, 0.25) is 0 Å². The van der Waals surface area contributed by atoms with Crippen LogP contribution in [0.1, 0.15) is 19.1 Å². The number of anilines is 2. The van der Waals surface area contributed by atoms with Crippen molar-refractivity contribution in [3.05, 3.63) is 30.0 Å². The summed E-state index contributed by atoms with van der Waals surface area (Å²) in [6.45, 7) is 4.85. The molecule has 1 heterocycles. The Hall–Kier alpha value is -3.27. The summed E-state index contributed by atoms with van der Waals surface area (Å²) in [4.78, 5) is 26.7. The van der Waals surface area contributed by atoms with Gasteiger partial charge in [0.05, 0.1) is 19.9 Å². The highest BCUT2D eigenvalue weighted by atomic mass is 16.5. The van der Waals surface area contributed by atoms with Crippen molar-refractivity contribution in [2.75, 3.05) is 51.2 Å². The molecule has 0 aliphatic heterocycles. The van der Waals surface area contributed by atoms with Gasteiger partial charge >= 0.3 is 6.03 Å². The summed E-state index contributed by atoms with van der Waals surface area (Å²) in [6.07, 6.45) is 0.581. The van der Waals surface area contributed by atoms with Gasteiger partial charge in [0.15, 0.2) is 5.82 Å². The highest BCUT2D eigenvalue weighted by Crippen LogP contribution is 2.29. The lowest BCUT2D eigenvalue weighted by Crippen LogP contribution is -2.41. The van der Waals surface area contributed by atoms with E-state index in [4.69, 9.17) is 18.7 Å². The van der Waals surface area contributed by atoms with Gasteiger partial charge in [0, 0.05) is 31.9 Å². The third-order valence-electron chi connectivity index (χ3n) is 4.09. The number of carbonyl (C=O) groups excluding carboxylic acids is 2. The first-order valence-electron chi connectivity index (χ1n) is 9.55. The number of hydrogen-bond donors (Lipinski definition) is 2. The van der Waals surface area contributed by atoms with Gasteiger partial charge in [0.2, 0.25) is 5.91 Å². The number of aryl methyl sites for hydroxylation is 1. The Morgan fingerprint density at radius 3 is 2.60 bits per heavy atom. The van der Waals surface area contributed by atoms with Gasteiger partial charge in [0.1, 0.15) is 23.8 Å². The minimum absolute atomic E-state index is 0.164. The molecule has 0 saturated carbocycles. The van der Waals surface area contributed by atoms with Gasteiger partial charge in [-0.2, -0.15) is 0 Å². The van der Waals surface area contributed by atoms with Crippen LogP contribution < -0.4 is 20.1 Å². The molecular weight excluding hydrogens is 392 g/mol. The van der Waals surface area contributed by atoms with Gasteiger partial charge in [-0.25, -0.2) is 4.79 Å². The zero-order chi connectivity index (χ0) is 21.9. The summed E-state index contributed by atoms with van der Waals surface area (Å²) >= 11 is 0. The fraction of sp³-hybridized carbons (Fsp3) is 0.450. The summed E-state index contributed by atoms with van der Waals surface area (Å²) in [6, 6.07) is 6.19. The number of aromatic nitrogens is 1. The van der Waals surface area contributed by atoms with Crippen LogP contribution in [0.4, 0.5) is 16.3 Å². The fourth-order valence-corrected chi connectivity index (χ4v) is 2.63. The van der Waals surface area contributed by atoms with Gasteiger partial charge in [-0.05, 0) is 32.4 Å². The van der Waals surface area contributed by atoms with Gasteiger partial charge in [-0.1, -0.05) is 5.16 Å². The number of ether oxygens (including phenoxy) is 3. The van der Waals surface area contributed by atoms with Crippen LogP contribution in [0.15, 0.2) is 28.8 Å². The van der Waals surface area contributed by atoms with Crippen LogP contribution in [-0.4, -0.2) is 62.5 Å². The smallest absolute Gasteiger partial charge is 0.322 e. The molecule has 0 aliphatic carbocycles. The molecule has 30 heavy (non-hydrogen) atoms. The van der Waals surface area contributed by atoms with Crippen molar-refractivity contribution in [3.8, 4) is 11.5 Å². The van der Waals surface area contributed by atoms with E-state index < -0.39 is 11.9 Å². The summed E-state index contributed by atoms with van der Waals surface area (Å²) in [5.74, 6) is 1.52. The van der Waals surface area contributed by atoms with Gasteiger partial charge in [0.25, 0.3) is 0 Å². The molecule has 0 bridgehead atoms. The van der Waals surface area contributed by atoms with Gasteiger partial charge < -0.3 is 34.3 Å². The van der Waals surface area contributed by atoms with E-state index in [1.54, 1.807) is 38.3 Å². The Labute approximate surface area is 175 Å². The Bertz CT molecular complexity index is 838. The van der Waals surface area contributed by atoms with E-state index in [1.807, 2.05) is 6.92 Å². The van der Waals surface area contributed by atoms with Gasteiger partial charge in [-0.3, -0.25) is 4.79 Å². The number of carbonyl (C=O) groups is 2. The highest BCUT2D eigenvalue weighted by molar-refractivity contribution is 5.97. The first-order chi connectivity index (χ1) is 14.5. The second kappa shape index (κ2) is 11.7. The van der Waals surface area contributed by atoms with Crippen molar-refractivity contribution in [2.24, 2.45) is 0 Å². The van der Waals surface area contributed by atoms with Crippen LogP contribution in [0, 0.1) is 6.92 Å². The maximum Gasteiger partial charge on any atom is 0.322 e. The number of rotatable bonds is 11. The number of urea groups is 1. The van der Waals surface area contributed by atoms with E-state index in [9.17, 15) is 9.59 Å². The molecule has 10 heteroatoms. The first kappa shape index (κ1) is 23.0. The zero-order valence-corrected chi connectivity index (χ0v) is 17.7. The highest BCUT2D eigenvalue weighted by Gasteiger charge is 2.19. The van der Waals surface area contributed by atoms with Crippen LogP contribution in [0.25, 0.3) is 0 Å². The lowest BCUT2D eigenvalue weighted by molar-refractivity contribution is -0.116. The quantitative estimate of drug-likeness (QED) is 0.537. The molecule has 0 spiro atoms. The summed E-state index contributed by atoms with van der Waals surface area (Å²) in [5, 5.41) is 9.12. The predicted octanol–water partition coefficient (Wildman–Crippen LogP) is 2.90. The minimum Gasteiger partial charge on any atom is -0.497 e. The number of nitrogens with one attached hydrogen (secondary N) is 2. The van der Waals surface area contributed by atoms with E-state index in [0.717, 1.165) is 0 Å². The standard InChI is InChI=1S/C20H28N4O6/c1-5-29-10-6-9-24(13-19(25)22-18-11-14(2)30-23-18)20(26)21-16-8-7-15(27-3)12-17(16)28-4/h7-8,11-12H,5-6,9-10,13H2,1-4H3,(H,21,26)(H,22,23,25). The van der Waals surface area contributed by atoms with E-state index in [1.165, 1.54) is 12.0 Å². The van der Waals surface area contributed by atoms with Crippen molar-refractivity contribution >= 4 is 23.4 Å². The van der Waals surface area contributed by atoms with Crippen molar-refractivity contribution in [2.45, 2.75) is 20.3 Å². The maximum absolute atomic E-state index is 12.9. The molecule has 0 fully saturated rings. The molecule has 0 atom stereocenters. The second-order valence-corrected chi connectivity index (χ2v) is 6.34. The Morgan fingerprint density at radius 1 is 1.17 bits per heavy atom. The molecule has 10 nitrogen and oxygen atoms in total. The molecule has 0 aliphatic rings. The SMILES string of the molecule is CCOCCCN(CC(=O)Nc1cc(C)on1)C(=O)Nc1ccc(OC)cc1OC. The normalized spacial score (nSPS) is 10.4. The van der Waals surface area contributed by atoms with E-state index in [-0.39, 0.29) is 6.54 Å². The van der Waals surface area contributed by atoms with Crippen LogP contribution >= 0.6 is 0 Å².